The molecule has 1 amide bonds. The molecule has 5 heteroatoms. The van der Waals surface area contributed by atoms with Crippen molar-refractivity contribution < 1.29 is 13.9 Å². The first kappa shape index (κ1) is 14.0. The summed E-state index contributed by atoms with van der Waals surface area (Å²) in [6, 6.07) is 9.67. The van der Waals surface area contributed by atoms with E-state index < -0.39 is 0 Å². The minimum Gasteiger partial charge on any atom is -0.480 e. The van der Waals surface area contributed by atoms with Gasteiger partial charge in [0.05, 0.1) is 7.11 Å². The molecule has 0 atom stereocenters. The lowest BCUT2D eigenvalue weighted by atomic mass is 10.2. The van der Waals surface area contributed by atoms with Crippen molar-refractivity contribution in [1.29, 1.82) is 0 Å². The quantitative estimate of drug-likeness (QED) is 0.860. The number of ether oxygens (including phenoxy) is 1. The molecule has 0 saturated heterocycles. The molecule has 0 unspecified atom stereocenters. The van der Waals surface area contributed by atoms with E-state index in [0.29, 0.717) is 11.1 Å². The number of carbonyl (C=O) groups is 1. The van der Waals surface area contributed by atoms with Crippen molar-refractivity contribution in [1.82, 2.24) is 9.88 Å². The fourth-order valence-corrected chi connectivity index (χ4v) is 1.88. The number of benzene rings is 1. The van der Waals surface area contributed by atoms with Crippen molar-refractivity contribution in [2.24, 2.45) is 0 Å². The molecule has 1 aromatic heterocycles. The number of hydrogen-bond acceptors (Lipinski definition) is 3. The molecule has 0 spiro atoms. The van der Waals surface area contributed by atoms with E-state index in [1.807, 2.05) is 0 Å². The van der Waals surface area contributed by atoms with Crippen LogP contribution in [0.15, 0.2) is 42.6 Å². The Morgan fingerprint density at radius 3 is 2.75 bits per heavy atom. The van der Waals surface area contributed by atoms with Crippen LogP contribution in [0, 0.1) is 5.82 Å². The second-order valence-corrected chi connectivity index (χ2v) is 4.31. The van der Waals surface area contributed by atoms with Crippen LogP contribution in [0.5, 0.6) is 5.88 Å². The first-order valence-electron chi connectivity index (χ1n) is 6.11. The van der Waals surface area contributed by atoms with Crippen LogP contribution in [0.1, 0.15) is 15.9 Å². The van der Waals surface area contributed by atoms with Crippen LogP contribution >= 0.6 is 0 Å². The van der Waals surface area contributed by atoms with E-state index in [1.165, 1.54) is 18.1 Å². The molecule has 2 rings (SSSR count). The number of carbonyl (C=O) groups excluding carboxylic acids is 1. The molecule has 0 N–H and O–H groups in total. The fraction of sp³-hybridized carbons (Fsp3) is 0.200. The van der Waals surface area contributed by atoms with Gasteiger partial charge in [0, 0.05) is 25.4 Å². The number of nitrogens with zero attached hydrogens (tertiary/aromatic N) is 2. The van der Waals surface area contributed by atoms with Crippen molar-refractivity contribution in [3.8, 4) is 5.88 Å². The maximum Gasteiger partial charge on any atom is 0.259 e. The Balaban J connectivity index is 2.19. The van der Waals surface area contributed by atoms with Crippen LogP contribution in [-0.2, 0) is 6.54 Å². The Kier molecular flexibility index (Phi) is 4.30. The van der Waals surface area contributed by atoms with Crippen molar-refractivity contribution in [2.75, 3.05) is 14.2 Å². The molecule has 0 aliphatic heterocycles. The highest BCUT2D eigenvalue weighted by molar-refractivity contribution is 5.96. The van der Waals surface area contributed by atoms with Crippen LogP contribution in [0.2, 0.25) is 0 Å². The first-order chi connectivity index (χ1) is 9.63. The molecule has 0 radical (unpaired) electrons. The van der Waals surface area contributed by atoms with Gasteiger partial charge in [0.2, 0.25) is 5.88 Å². The molecule has 1 aromatic carbocycles. The maximum absolute atomic E-state index is 13.6. The summed E-state index contributed by atoms with van der Waals surface area (Å²) in [7, 11) is 3.07. The van der Waals surface area contributed by atoms with Gasteiger partial charge in [-0.15, -0.1) is 0 Å². The largest absolute Gasteiger partial charge is 0.480 e. The summed E-state index contributed by atoms with van der Waals surface area (Å²) in [5.74, 6) is -0.332. The minimum absolute atomic E-state index is 0.184. The maximum atomic E-state index is 13.6. The van der Waals surface area contributed by atoms with Gasteiger partial charge in [-0.3, -0.25) is 4.79 Å². The molecule has 1 heterocycles. The van der Waals surface area contributed by atoms with Gasteiger partial charge in [0.25, 0.3) is 5.91 Å². The summed E-state index contributed by atoms with van der Waals surface area (Å²) in [5.41, 5.74) is 0.819. The standard InChI is InChI=1S/C15H15FN2O2/c1-18(10-11-6-3-4-8-13(11)16)15(19)12-7-5-9-17-14(12)20-2/h3-9H,10H2,1-2H3. The summed E-state index contributed by atoms with van der Waals surface area (Å²) in [6.45, 7) is 0.184. The van der Waals surface area contributed by atoms with Crippen molar-refractivity contribution in [3.63, 3.8) is 0 Å². The molecular weight excluding hydrogens is 259 g/mol. The molecule has 0 aliphatic carbocycles. The van der Waals surface area contributed by atoms with Gasteiger partial charge in [-0.05, 0) is 18.2 Å². The van der Waals surface area contributed by atoms with Gasteiger partial charge >= 0.3 is 0 Å². The van der Waals surface area contributed by atoms with Gasteiger partial charge in [0.1, 0.15) is 11.4 Å². The Morgan fingerprint density at radius 2 is 2.05 bits per heavy atom. The third-order valence-corrected chi connectivity index (χ3v) is 2.91. The molecular formula is C15H15FN2O2. The van der Waals surface area contributed by atoms with Crippen molar-refractivity contribution in [2.45, 2.75) is 6.54 Å². The van der Waals surface area contributed by atoms with E-state index in [1.54, 1.807) is 43.6 Å². The van der Waals surface area contributed by atoms with E-state index >= 15 is 0 Å². The molecule has 0 fully saturated rings. The second kappa shape index (κ2) is 6.14. The molecule has 0 saturated carbocycles. The predicted molar refractivity (Wildman–Crippen MR) is 73.0 cm³/mol. The number of pyridine rings is 1. The van der Waals surface area contributed by atoms with Gasteiger partial charge in [-0.25, -0.2) is 9.37 Å². The zero-order valence-corrected chi connectivity index (χ0v) is 11.3. The predicted octanol–water partition coefficient (Wildman–Crippen LogP) is 2.50. The number of halogens is 1. The number of amides is 1. The van der Waals surface area contributed by atoms with Gasteiger partial charge < -0.3 is 9.64 Å². The minimum atomic E-state index is -0.328. The first-order valence-corrected chi connectivity index (χ1v) is 6.11. The summed E-state index contributed by atoms with van der Waals surface area (Å²) in [6.07, 6.45) is 1.55. The molecule has 104 valence electrons. The van der Waals surface area contributed by atoms with Gasteiger partial charge in [-0.1, -0.05) is 18.2 Å². The SMILES string of the molecule is COc1ncccc1C(=O)N(C)Cc1ccccc1F. The summed E-state index contributed by atoms with van der Waals surface area (Å²) >= 11 is 0. The lowest BCUT2D eigenvalue weighted by molar-refractivity contribution is 0.0779. The highest BCUT2D eigenvalue weighted by atomic mass is 19.1. The van der Waals surface area contributed by atoms with Crippen LogP contribution in [0.4, 0.5) is 4.39 Å². The highest BCUT2D eigenvalue weighted by Gasteiger charge is 2.18. The number of methoxy groups -OCH3 is 1. The van der Waals surface area contributed by atoms with Crippen LogP contribution in [-0.4, -0.2) is 29.9 Å². The van der Waals surface area contributed by atoms with E-state index in [4.69, 9.17) is 4.74 Å². The van der Waals surface area contributed by atoms with Crippen LogP contribution < -0.4 is 4.74 Å². The molecule has 20 heavy (non-hydrogen) atoms. The fourth-order valence-electron chi connectivity index (χ4n) is 1.88. The smallest absolute Gasteiger partial charge is 0.259 e. The zero-order valence-electron chi connectivity index (χ0n) is 11.3. The normalized spacial score (nSPS) is 10.2. The molecule has 4 nitrogen and oxygen atoms in total. The van der Waals surface area contributed by atoms with Crippen LogP contribution in [0.25, 0.3) is 0 Å². The number of rotatable bonds is 4. The third kappa shape index (κ3) is 2.93. The van der Waals surface area contributed by atoms with Gasteiger partial charge in [0.15, 0.2) is 0 Å². The zero-order chi connectivity index (χ0) is 14.5. The third-order valence-electron chi connectivity index (χ3n) is 2.91. The summed E-state index contributed by atoms with van der Waals surface area (Å²) in [4.78, 5) is 17.7. The van der Waals surface area contributed by atoms with E-state index in [9.17, 15) is 9.18 Å². The lowest BCUT2D eigenvalue weighted by Crippen LogP contribution is -2.27. The Hall–Kier alpha value is -2.43. The van der Waals surface area contributed by atoms with Crippen LogP contribution in [0.3, 0.4) is 0 Å². The average Bonchev–Trinajstić information content (AvgIpc) is 2.48. The summed E-state index contributed by atoms with van der Waals surface area (Å²) < 4.78 is 18.6. The van der Waals surface area contributed by atoms with Gasteiger partial charge in [-0.2, -0.15) is 0 Å². The average molecular weight is 274 g/mol. The number of aromatic nitrogens is 1. The molecule has 0 aliphatic rings. The van der Waals surface area contributed by atoms with E-state index in [0.717, 1.165) is 0 Å². The second-order valence-electron chi connectivity index (χ2n) is 4.31. The molecule has 0 bridgehead atoms. The van der Waals surface area contributed by atoms with Crippen molar-refractivity contribution in [3.05, 3.63) is 59.5 Å². The Morgan fingerprint density at radius 1 is 1.30 bits per heavy atom. The molecule has 2 aromatic rings. The summed E-state index contributed by atoms with van der Waals surface area (Å²) in [5, 5.41) is 0. The Bertz CT molecular complexity index is 616. The van der Waals surface area contributed by atoms with Crippen molar-refractivity contribution >= 4 is 5.91 Å². The monoisotopic (exact) mass is 274 g/mol. The lowest BCUT2D eigenvalue weighted by Gasteiger charge is -2.18. The topological polar surface area (TPSA) is 42.4 Å². The van der Waals surface area contributed by atoms with E-state index in [-0.39, 0.29) is 24.1 Å². The Labute approximate surface area is 116 Å². The highest BCUT2D eigenvalue weighted by Crippen LogP contribution is 2.17. The van der Waals surface area contributed by atoms with E-state index in [2.05, 4.69) is 4.98 Å². The number of hydrogen-bond donors (Lipinski definition) is 0.